The molecular formula is C19H26N4O. The van der Waals surface area contributed by atoms with Gasteiger partial charge in [0.15, 0.2) is 0 Å². The standard InChI is InChI=1S/C19H26N4O/c1-4-14-7-8-16(17(24)11-14)19-13(2)10-18(21-22-19)20-15-6-5-9-23(3)12-15/h7-8,10-11,15,24H,4-6,9,12H2,1-3H3,(H,20,21)/t15-/m1/s1. The second-order valence-corrected chi connectivity index (χ2v) is 6.71. The Morgan fingerprint density at radius 2 is 2.12 bits per heavy atom. The number of nitrogens with zero attached hydrogens (tertiary/aromatic N) is 3. The quantitative estimate of drug-likeness (QED) is 0.903. The van der Waals surface area contributed by atoms with Gasteiger partial charge in [-0.2, -0.15) is 0 Å². The molecule has 1 atom stereocenters. The van der Waals surface area contributed by atoms with Crippen LogP contribution in [0.25, 0.3) is 11.3 Å². The van der Waals surface area contributed by atoms with Crippen molar-refractivity contribution in [2.45, 2.75) is 39.2 Å². The van der Waals surface area contributed by atoms with E-state index in [0.29, 0.717) is 6.04 Å². The maximum absolute atomic E-state index is 10.3. The number of aromatic nitrogens is 2. The van der Waals surface area contributed by atoms with E-state index in [1.54, 1.807) is 6.07 Å². The average molecular weight is 326 g/mol. The first-order valence-electron chi connectivity index (χ1n) is 8.68. The normalized spacial score (nSPS) is 18.5. The van der Waals surface area contributed by atoms with Crippen LogP contribution >= 0.6 is 0 Å². The molecule has 1 aromatic carbocycles. The summed E-state index contributed by atoms with van der Waals surface area (Å²) in [5, 5.41) is 22.4. The van der Waals surface area contributed by atoms with Gasteiger partial charge in [0, 0.05) is 18.2 Å². The van der Waals surface area contributed by atoms with Crippen LogP contribution in [-0.4, -0.2) is 46.4 Å². The van der Waals surface area contributed by atoms with Gasteiger partial charge in [0.05, 0.1) is 5.69 Å². The lowest BCUT2D eigenvalue weighted by atomic mass is 10.0. The van der Waals surface area contributed by atoms with Crippen LogP contribution in [0.1, 0.15) is 30.9 Å². The van der Waals surface area contributed by atoms with E-state index >= 15 is 0 Å². The number of nitrogens with one attached hydrogen (secondary N) is 1. The fourth-order valence-corrected chi connectivity index (χ4v) is 3.31. The van der Waals surface area contributed by atoms with Crippen LogP contribution in [0.2, 0.25) is 0 Å². The number of likely N-dealkylation sites (tertiary alicyclic amines) is 1. The third-order valence-corrected chi connectivity index (χ3v) is 4.69. The van der Waals surface area contributed by atoms with Gasteiger partial charge in [-0.3, -0.25) is 0 Å². The average Bonchev–Trinajstić information content (AvgIpc) is 2.55. The number of piperidine rings is 1. The summed E-state index contributed by atoms with van der Waals surface area (Å²) in [5.41, 5.74) is 3.60. The van der Waals surface area contributed by atoms with Crippen molar-refractivity contribution in [3.63, 3.8) is 0 Å². The Morgan fingerprint density at radius 1 is 1.29 bits per heavy atom. The molecule has 24 heavy (non-hydrogen) atoms. The number of phenols is 1. The Balaban J connectivity index is 1.79. The summed E-state index contributed by atoms with van der Waals surface area (Å²) >= 11 is 0. The Labute approximate surface area is 143 Å². The fourth-order valence-electron chi connectivity index (χ4n) is 3.31. The van der Waals surface area contributed by atoms with Crippen molar-refractivity contribution in [3.05, 3.63) is 35.4 Å². The zero-order chi connectivity index (χ0) is 17.1. The first kappa shape index (κ1) is 16.7. The first-order valence-corrected chi connectivity index (χ1v) is 8.68. The second-order valence-electron chi connectivity index (χ2n) is 6.71. The van der Waals surface area contributed by atoms with E-state index in [4.69, 9.17) is 0 Å². The number of aryl methyl sites for hydroxylation is 2. The summed E-state index contributed by atoms with van der Waals surface area (Å²) in [6.07, 6.45) is 3.26. The number of likely N-dealkylation sites (N-methyl/N-ethyl adjacent to an activating group) is 1. The zero-order valence-corrected chi connectivity index (χ0v) is 14.7. The molecule has 5 nitrogen and oxygen atoms in total. The Bertz CT molecular complexity index is 717. The highest BCUT2D eigenvalue weighted by Crippen LogP contribution is 2.31. The van der Waals surface area contributed by atoms with Crippen LogP contribution in [0, 0.1) is 6.92 Å². The van der Waals surface area contributed by atoms with Crippen LogP contribution in [0.3, 0.4) is 0 Å². The number of rotatable bonds is 4. The van der Waals surface area contributed by atoms with Crippen molar-refractivity contribution in [1.29, 1.82) is 0 Å². The molecule has 3 rings (SSSR count). The molecule has 0 amide bonds. The number of anilines is 1. The Morgan fingerprint density at radius 3 is 2.79 bits per heavy atom. The number of aromatic hydroxyl groups is 1. The molecule has 2 aromatic rings. The highest BCUT2D eigenvalue weighted by atomic mass is 16.3. The maximum atomic E-state index is 10.3. The molecule has 0 unspecified atom stereocenters. The third kappa shape index (κ3) is 3.67. The molecule has 1 aromatic heterocycles. The van der Waals surface area contributed by atoms with Crippen LogP contribution in [0.15, 0.2) is 24.3 Å². The summed E-state index contributed by atoms with van der Waals surface area (Å²) in [6.45, 7) is 6.27. The van der Waals surface area contributed by atoms with Crippen LogP contribution < -0.4 is 5.32 Å². The molecule has 0 aliphatic carbocycles. The molecule has 128 valence electrons. The zero-order valence-electron chi connectivity index (χ0n) is 14.7. The van der Waals surface area contributed by atoms with Crippen LogP contribution in [0.4, 0.5) is 5.82 Å². The van der Waals surface area contributed by atoms with E-state index in [-0.39, 0.29) is 5.75 Å². The lowest BCUT2D eigenvalue weighted by Crippen LogP contribution is -2.39. The van der Waals surface area contributed by atoms with E-state index in [0.717, 1.165) is 54.1 Å². The molecule has 1 aliphatic rings. The minimum absolute atomic E-state index is 0.265. The maximum Gasteiger partial charge on any atom is 0.149 e. The topological polar surface area (TPSA) is 61.3 Å². The second kappa shape index (κ2) is 7.18. The summed E-state index contributed by atoms with van der Waals surface area (Å²) in [5.74, 6) is 1.07. The van der Waals surface area contributed by atoms with E-state index in [9.17, 15) is 5.11 Å². The molecule has 0 bridgehead atoms. The van der Waals surface area contributed by atoms with Gasteiger partial charge < -0.3 is 15.3 Å². The molecule has 2 heterocycles. The van der Waals surface area contributed by atoms with Gasteiger partial charge in [-0.25, -0.2) is 0 Å². The van der Waals surface area contributed by atoms with Crippen LogP contribution in [0.5, 0.6) is 5.75 Å². The summed E-state index contributed by atoms with van der Waals surface area (Å²) in [6, 6.07) is 8.19. The minimum Gasteiger partial charge on any atom is -0.507 e. The molecular weight excluding hydrogens is 300 g/mol. The molecule has 5 heteroatoms. The molecule has 1 aliphatic heterocycles. The van der Waals surface area contributed by atoms with Gasteiger partial charge in [-0.15, -0.1) is 10.2 Å². The molecule has 2 N–H and O–H groups in total. The predicted molar refractivity (Wildman–Crippen MR) is 97.4 cm³/mol. The van der Waals surface area contributed by atoms with Gasteiger partial charge in [-0.05, 0) is 69.1 Å². The van der Waals surface area contributed by atoms with Crippen molar-refractivity contribution in [3.8, 4) is 17.0 Å². The minimum atomic E-state index is 0.265. The highest BCUT2D eigenvalue weighted by molar-refractivity contribution is 5.70. The molecule has 0 spiro atoms. The summed E-state index contributed by atoms with van der Waals surface area (Å²) < 4.78 is 0. The fraction of sp³-hybridized carbons (Fsp3) is 0.474. The van der Waals surface area contributed by atoms with Gasteiger partial charge in [0.2, 0.25) is 0 Å². The van der Waals surface area contributed by atoms with Gasteiger partial charge in [0.25, 0.3) is 0 Å². The van der Waals surface area contributed by atoms with Crippen molar-refractivity contribution in [2.24, 2.45) is 0 Å². The van der Waals surface area contributed by atoms with Crippen molar-refractivity contribution >= 4 is 5.82 Å². The number of phenolic OH excluding ortho intramolecular Hbond substituents is 1. The van der Waals surface area contributed by atoms with E-state index < -0.39 is 0 Å². The van der Waals surface area contributed by atoms with Gasteiger partial charge >= 0.3 is 0 Å². The molecule has 1 fully saturated rings. The third-order valence-electron chi connectivity index (χ3n) is 4.69. The SMILES string of the molecule is CCc1ccc(-c2nnc(N[C@@H]3CCCN(C)C3)cc2C)c(O)c1. The largest absolute Gasteiger partial charge is 0.507 e. The van der Waals surface area contributed by atoms with Crippen molar-refractivity contribution in [1.82, 2.24) is 15.1 Å². The molecule has 0 radical (unpaired) electrons. The van der Waals surface area contributed by atoms with E-state index in [1.165, 1.54) is 6.42 Å². The predicted octanol–water partition coefficient (Wildman–Crippen LogP) is 3.23. The van der Waals surface area contributed by atoms with Crippen molar-refractivity contribution in [2.75, 3.05) is 25.5 Å². The summed E-state index contributed by atoms with van der Waals surface area (Å²) in [7, 11) is 2.15. The molecule has 0 saturated carbocycles. The smallest absolute Gasteiger partial charge is 0.149 e. The number of benzene rings is 1. The highest BCUT2D eigenvalue weighted by Gasteiger charge is 2.18. The van der Waals surface area contributed by atoms with Gasteiger partial charge in [0.1, 0.15) is 11.6 Å². The van der Waals surface area contributed by atoms with E-state index in [1.807, 2.05) is 25.1 Å². The van der Waals surface area contributed by atoms with Crippen molar-refractivity contribution < 1.29 is 5.11 Å². The Hall–Kier alpha value is -2.14. The molecule has 1 saturated heterocycles. The first-order chi connectivity index (χ1) is 11.6. The van der Waals surface area contributed by atoms with Crippen LogP contribution in [-0.2, 0) is 6.42 Å². The monoisotopic (exact) mass is 326 g/mol. The lowest BCUT2D eigenvalue weighted by Gasteiger charge is -2.30. The van der Waals surface area contributed by atoms with E-state index in [2.05, 4.69) is 34.4 Å². The number of hydrogen-bond donors (Lipinski definition) is 2. The lowest BCUT2D eigenvalue weighted by molar-refractivity contribution is 0.260. The summed E-state index contributed by atoms with van der Waals surface area (Å²) in [4.78, 5) is 2.34. The van der Waals surface area contributed by atoms with Gasteiger partial charge in [-0.1, -0.05) is 13.0 Å². The number of hydrogen-bond acceptors (Lipinski definition) is 5. The Kier molecular flexibility index (Phi) is 5.00.